The van der Waals surface area contributed by atoms with Crippen molar-refractivity contribution in [1.29, 1.82) is 0 Å². The Morgan fingerprint density at radius 2 is 1.82 bits per heavy atom. The van der Waals surface area contributed by atoms with Crippen molar-refractivity contribution in [1.82, 2.24) is 14.7 Å². The van der Waals surface area contributed by atoms with Gasteiger partial charge in [-0.1, -0.05) is 0 Å². The zero-order chi connectivity index (χ0) is 15.7. The molecule has 0 aromatic heterocycles. The lowest BCUT2D eigenvalue weighted by Crippen LogP contribution is -2.55. The van der Waals surface area contributed by atoms with Crippen LogP contribution in [0.5, 0.6) is 0 Å². The molecule has 2 amide bonds. The van der Waals surface area contributed by atoms with Gasteiger partial charge in [0, 0.05) is 58.2 Å². The number of rotatable bonds is 2. The number of aliphatic hydroxyl groups excluding tert-OH is 1. The number of amides is 2. The molecule has 2 aliphatic heterocycles. The van der Waals surface area contributed by atoms with E-state index in [0.717, 1.165) is 51.9 Å². The molecule has 2 saturated heterocycles. The van der Waals surface area contributed by atoms with Gasteiger partial charge in [0.15, 0.2) is 0 Å². The van der Waals surface area contributed by atoms with E-state index in [1.165, 1.54) is 0 Å². The van der Waals surface area contributed by atoms with Crippen molar-refractivity contribution in [2.45, 2.75) is 44.2 Å². The van der Waals surface area contributed by atoms with Gasteiger partial charge in [-0.2, -0.15) is 0 Å². The Morgan fingerprint density at radius 1 is 1.09 bits per heavy atom. The third kappa shape index (κ3) is 3.13. The monoisotopic (exact) mass is 309 g/mol. The molecule has 0 aromatic carbocycles. The maximum Gasteiger partial charge on any atom is 0.226 e. The van der Waals surface area contributed by atoms with E-state index in [2.05, 4.69) is 4.90 Å². The van der Waals surface area contributed by atoms with E-state index in [9.17, 15) is 14.7 Å². The smallest absolute Gasteiger partial charge is 0.226 e. The van der Waals surface area contributed by atoms with Gasteiger partial charge in [-0.05, 0) is 25.7 Å². The van der Waals surface area contributed by atoms with Gasteiger partial charge in [-0.25, -0.2) is 0 Å². The largest absolute Gasteiger partial charge is 0.391 e. The number of hydrogen-bond donors (Lipinski definition) is 1. The molecule has 3 fully saturated rings. The Kier molecular flexibility index (Phi) is 4.68. The van der Waals surface area contributed by atoms with Gasteiger partial charge in [-0.3, -0.25) is 14.5 Å². The van der Waals surface area contributed by atoms with Gasteiger partial charge >= 0.3 is 0 Å². The average Bonchev–Trinajstić information content (AvgIpc) is 2.95. The molecule has 6 heteroatoms. The SMILES string of the molecule is CN1CC[C@H](C(=O)N2CCN([C@H]3CCC[C@H]3O)CC2)CC1=O. The number of piperidine rings is 1. The van der Waals surface area contributed by atoms with Crippen molar-refractivity contribution >= 4 is 11.8 Å². The molecule has 2 heterocycles. The summed E-state index contributed by atoms with van der Waals surface area (Å²) in [6.45, 7) is 3.82. The topological polar surface area (TPSA) is 64.1 Å². The fourth-order valence-electron chi connectivity index (χ4n) is 4.03. The lowest BCUT2D eigenvalue weighted by molar-refractivity contribution is -0.145. The molecule has 0 unspecified atom stereocenters. The first kappa shape index (κ1) is 15.7. The predicted octanol–water partition coefficient (Wildman–Crippen LogP) is -0.0876. The predicted molar refractivity (Wildman–Crippen MR) is 82.2 cm³/mol. The third-order valence-corrected chi connectivity index (χ3v) is 5.55. The Balaban J connectivity index is 1.50. The highest BCUT2D eigenvalue weighted by atomic mass is 16.3. The van der Waals surface area contributed by atoms with E-state index in [1.54, 1.807) is 11.9 Å². The highest BCUT2D eigenvalue weighted by molar-refractivity contribution is 5.87. The van der Waals surface area contributed by atoms with Crippen molar-refractivity contribution in [2.24, 2.45) is 5.92 Å². The van der Waals surface area contributed by atoms with Crippen molar-refractivity contribution in [3.8, 4) is 0 Å². The van der Waals surface area contributed by atoms with Crippen LogP contribution in [0.4, 0.5) is 0 Å². The second kappa shape index (κ2) is 6.54. The summed E-state index contributed by atoms with van der Waals surface area (Å²) in [4.78, 5) is 30.3. The summed E-state index contributed by atoms with van der Waals surface area (Å²) in [5, 5.41) is 10.0. The Morgan fingerprint density at radius 3 is 2.41 bits per heavy atom. The Hall–Kier alpha value is -1.14. The second-order valence-electron chi connectivity index (χ2n) is 6.93. The number of aliphatic hydroxyl groups is 1. The highest BCUT2D eigenvalue weighted by Crippen LogP contribution is 2.26. The number of likely N-dealkylation sites (tertiary alicyclic amines) is 1. The molecule has 22 heavy (non-hydrogen) atoms. The van der Waals surface area contributed by atoms with Crippen LogP contribution in [0.1, 0.15) is 32.1 Å². The van der Waals surface area contributed by atoms with Crippen LogP contribution in [0, 0.1) is 5.92 Å². The summed E-state index contributed by atoms with van der Waals surface area (Å²) < 4.78 is 0. The Labute approximate surface area is 132 Å². The summed E-state index contributed by atoms with van der Waals surface area (Å²) in [6.07, 6.45) is 4.01. The van der Waals surface area contributed by atoms with E-state index >= 15 is 0 Å². The van der Waals surface area contributed by atoms with E-state index in [0.29, 0.717) is 13.0 Å². The summed E-state index contributed by atoms with van der Waals surface area (Å²) in [5.74, 6) is 0.0951. The molecule has 1 N–H and O–H groups in total. The Bertz CT molecular complexity index is 434. The van der Waals surface area contributed by atoms with Gasteiger partial charge in [0.25, 0.3) is 0 Å². The number of carbonyl (C=O) groups excluding carboxylic acids is 2. The molecular weight excluding hydrogens is 282 g/mol. The lowest BCUT2D eigenvalue weighted by atomic mass is 9.94. The molecule has 0 bridgehead atoms. The average molecular weight is 309 g/mol. The summed E-state index contributed by atoms with van der Waals surface area (Å²) in [6, 6.07) is 0.280. The third-order valence-electron chi connectivity index (χ3n) is 5.55. The summed E-state index contributed by atoms with van der Waals surface area (Å²) in [7, 11) is 1.80. The van der Waals surface area contributed by atoms with E-state index < -0.39 is 0 Å². The van der Waals surface area contributed by atoms with Crippen LogP contribution in [-0.2, 0) is 9.59 Å². The first-order chi connectivity index (χ1) is 10.6. The molecule has 0 spiro atoms. The zero-order valence-corrected chi connectivity index (χ0v) is 13.4. The van der Waals surface area contributed by atoms with Crippen LogP contribution in [0.25, 0.3) is 0 Å². The summed E-state index contributed by atoms with van der Waals surface area (Å²) in [5.41, 5.74) is 0. The van der Waals surface area contributed by atoms with Gasteiger partial charge in [0.1, 0.15) is 0 Å². The molecule has 0 aromatic rings. The van der Waals surface area contributed by atoms with Crippen LogP contribution in [0.3, 0.4) is 0 Å². The molecule has 3 atom stereocenters. The molecule has 0 radical (unpaired) electrons. The van der Waals surface area contributed by atoms with Crippen molar-refractivity contribution in [3.05, 3.63) is 0 Å². The minimum atomic E-state index is -0.200. The minimum absolute atomic E-state index is 0.0808. The normalized spacial score (nSPS) is 34.3. The van der Waals surface area contributed by atoms with E-state index in [4.69, 9.17) is 0 Å². The van der Waals surface area contributed by atoms with Gasteiger partial charge in [0.05, 0.1) is 6.10 Å². The quantitative estimate of drug-likeness (QED) is 0.774. The number of carbonyl (C=O) groups is 2. The summed E-state index contributed by atoms with van der Waals surface area (Å²) >= 11 is 0. The second-order valence-corrected chi connectivity index (χ2v) is 6.93. The van der Waals surface area contributed by atoms with Crippen molar-refractivity contribution in [3.63, 3.8) is 0 Å². The highest BCUT2D eigenvalue weighted by Gasteiger charge is 2.36. The van der Waals surface area contributed by atoms with Gasteiger partial charge in [-0.15, -0.1) is 0 Å². The number of piperazine rings is 1. The molecule has 3 aliphatic rings. The molecule has 1 saturated carbocycles. The standard InChI is InChI=1S/C16H27N3O3/c1-17-6-5-12(11-15(17)21)16(22)19-9-7-18(8-10-19)13-3-2-4-14(13)20/h12-14,20H,2-11H2,1H3/t12-,13-,14+/m0/s1. The van der Waals surface area contributed by atoms with Crippen LogP contribution >= 0.6 is 0 Å². The van der Waals surface area contributed by atoms with Crippen LogP contribution in [-0.4, -0.2) is 83.5 Å². The van der Waals surface area contributed by atoms with Crippen molar-refractivity contribution < 1.29 is 14.7 Å². The first-order valence-corrected chi connectivity index (χ1v) is 8.51. The fraction of sp³-hybridized carbons (Fsp3) is 0.875. The maximum absolute atomic E-state index is 12.6. The van der Waals surface area contributed by atoms with E-state index in [1.807, 2.05) is 4.90 Å². The molecule has 124 valence electrons. The molecular formula is C16H27N3O3. The number of hydrogen-bond acceptors (Lipinski definition) is 4. The van der Waals surface area contributed by atoms with Gasteiger partial charge < -0.3 is 14.9 Å². The zero-order valence-electron chi connectivity index (χ0n) is 13.4. The van der Waals surface area contributed by atoms with Crippen LogP contribution in [0.2, 0.25) is 0 Å². The van der Waals surface area contributed by atoms with Gasteiger partial charge in [0.2, 0.25) is 11.8 Å². The molecule has 1 aliphatic carbocycles. The van der Waals surface area contributed by atoms with Crippen LogP contribution < -0.4 is 0 Å². The van der Waals surface area contributed by atoms with Crippen molar-refractivity contribution in [2.75, 3.05) is 39.8 Å². The minimum Gasteiger partial charge on any atom is -0.391 e. The fourth-order valence-corrected chi connectivity index (χ4v) is 4.03. The first-order valence-electron chi connectivity index (χ1n) is 8.51. The maximum atomic E-state index is 12.6. The lowest BCUT2D eigenvalue weighted by Gasteiger charge is -2.40. The molecule has 3 rings (SSSR count). The number of nitrogens with zero attached hydrogens (tertiary/aromatic N) is 3. The molecule has 6 nitrogen and oxygen atoms in total. The van der Waals surface area contributed by atoms with Crippen LogP contribution in [0.15, 0.2) is 0 Å². The van der Waals surface area contributed by atoms with E-state index in [-0.39, 0.29) is 29.9 Å².